The summed E-state index contributed by atoms with van der Waals surface area (Å²) in [6.07, 6.45) is 0. The van der Waals surface area contributed by atoms with Crippen molar-refractivity contribution in [3.05, 3.63) is 62.3 Å². The number of ketones is 1. The minimum absolute atomic E-state index is 0.0217. The van der Waals surface area contributed by atoms with Crippen LogP contribution in [0.4, 0.5) is 5.69 Å². The van der Waals surface area contributed by atoms with Gasteiger partial charge in [0.05, 0.1) is 5.92 Å². The monoisotopic (exact) mass is 356 g/mol. The number of carbonyl (C=O) groups is 1. The fourth-order valence-electron chi connectivity index (χ4n) is 2.92. The number of H-pyrrole nitrogens is 2. The van der Waals surface area contributed by atoms with E-state index in [1.165, 1.54) is 0 Å². The number of aromatic hydroxyl groups is 1. The van der Waals surface area contributed by atoms with Gasteiger partial charge in [0, 0.05) is 0 Å². The highest BCUT2D eigenvalue weighted by atomic mass is 32.1. The fraction of sp³-hybridized carbons (Fsp3) is 0.235. The number of allylic oxidation sites excluding steroid dienone is 2. The topological polar surface area (TPSA) is 111 Å². The fourth-order valence-corrected chi connectivity index (χ4v) is 3.11. The largest absolute Gasteiger partial charge is 0.493 e. The zero-order valence-corrected chi connectivity index (χ0v) is 14.4. The van der Waals surface area contributed by atoms with Gasteiger partial charge in [0.2, 0.25) is 11.6 Å². The van der Waals surface area contributed by atoms with Gasteiger partial charge in [-0.3, -0.25) is 14.6 Å². The van der Waals surface area contributed by atoms with E-state index in [2.05, 4.69) is 20.2 Å². The SMILES string of the molecule is CC1=C(N=Nc2c(O)[nH]c(=S)[nH]c2=O)C(=O)C(c2ccccc2)C1C. The van der Waals surface area contributed by atoms with E-state index in [0.29, 0.717) is 0 Å². The van der Waals surface area contributed by atoms with Crippen LogP contribution >= 0.6 is 12.2 Å². The molecule has 0 bridgehead atoms. The lowest BCUT2D eigenvalue weighted by Crippen LogP contribution is -2.13. The molecule has 2 unspecified atom stereocenters. The van der Waals surface area contributed by atoms with E-state index in [4.69, 9.17) is 12.2 Å². The molecule has 1 aliphatic carbocycles. The van der Waals surface area contributed by atoms with E-state index in [1.807, 2.05) is 44.2 Å². The maximum atomic E-state index is 12.8. The highest BCUT2D eigenvalue weighted by molar-refractivity contribution is 7.71. The molecule has 2 aromatic rings. The van der Waals surface area contributed by atoms with E-state index >= 15 is 0 Å². The normalized spacial score (nSPS) is 20.6. The van der Waals surface area contributed by atoms with Crippen molar-refractivity contribution in [3.8, 4) is 5.88 Å². The molecule has 0 fully saturated rings. The number of rotatable bonds is 3. The average molecular weight is 356 g/mol. The number of benzene rings is 1. The first kappa shape index (κ1) is 17.0. The Kier molecular flexibility index (Phi) is 4.45. The van der Waals surface area contributed by atoms with Crippen LogP contribution in [0.1, 0.15) is 25.3 Å². The summed E-state index contributed by atoms with van der Waals surface area (Å²) in [5, 5.41) is 17.5. The summed E-state index contributed by atoms with van der Waals surface area (Å²) in [5.41, 5.74) is 0.915. The van der Waals surface area contributed by atoms with Gasteiger partial charge in [-0.25, -0.2) is 0 Å². The van der Waals surface area contributed by atoms with Crippen LogP contribution in [-0.2, 0) is 4.79 Å². The second-order valence-electron chi connectivity index (χ2n) is 5.88. The summed E-state index contributed by atoms with van der Waals surface area (Å²) in [6.45, 7) is 3.78. The average Bonchev–Trinajstić information content (AvgIpc) is 2.78. The zero-order valence-electron chi connectivity index (χ0n) is 13.6. The van der Waals surface area contributed by atoms with Crippen molar-refractivity contribution in [2.75, 3.05) is 0 Å². The van der Waals surface area contributed by atoms with Gasteiger partial charge in [0.25, 0.3) is 5.56 Å². The summed E-state index contributed by atoms with van der Waals surface area (Å²) in [4.78, 5) is 29.3. The molecule has 0 saturated carbocycles. The number of hydrogen-bond donors (Lipinski definition) is 3. The first-order valence-electron chi connectivity index (χ1n) is 7.67. The molecule has 0 aliphatic heterocycles. The van der Waals surface area contributed by atoms with Gasteiger partial charge in [0.15, 0.2) is 10.6 Å². The van der Waals surface area contributed by atoms with Crippen molar-refractivity contribution in [2.24, 2.45) is 16.1 Å². The first-order chi connectivity index (χ1) is 11.9. The zero-order chi connectivity index (χ0) is 18.1. The number of azo groups is 1. The molecule has 1 aromatic carbocycles. The number of Topliss-reactive ketones (excluding diaryl/α,β-unsaturated/α-hetero) is 1. The van der Waals surface area contributed by atoms with Gasteiger partial charge >= 0.3 is 0 Å². The van der Waals surface area contributed by atoms with Gasteiger partial charge < -0.3 is 10.1 Å². The summed E-state index contributed by atoms with van der Waals surface area (Å²) in [6, 6.07) is 9.46. The summed E-state index contributed by atoms with van der Waals surface area (Å²) < 4.78 is -0.0217. The molecule has 0 amide bonds. The predicted octanol–water partition coefficient (Wildman–Crippen LogP) is 3.50. The standard InChI is InChI=1S/C17H16N4O3S/c1-8-9(2)12(14(22)11(8)10-6-4-3-5-7-10)20-21-13-15(23)18-17(25)19-16(13)24/h3-8,11H,1-2H3,(H3,18,19,23,24,25). The number of hydrogen-bond acceptors (Lipinski definition) is 6. The molecule has 0 radical (unpaired) electrons. The van der Waals surface area contributed by atoms with Crippen molar-refractivity contribution in [3.63, 3.8) is 0 Å². The molecule has 1 aromatic heterocycles. The van der Waals surface area contributed by atoms with Crippen LogP contribution in [0.3, 0.4) is 0 Å². The first-order valence-corrected chi connectivity index (χ1v) is 8.08. The number of nitrogens with zero attached hydrogens (tertiary/aromatic N) is 2. The molecule has 128 valence electrons. The van der Waals surface area contributed by atoms with Gasteiger partial charge in [-0.05, 0) is 36.2 Å². The molecule has 1 aliphatic rings. The van der Waals surface area contributed by atoms with Crippen LogP contribution < -0.4 is 5.56 Å². The lowest BCUT2D eigenvalue weighted by Gasteiger charge is -2.15. The molecule has 0 spiro atoms. The van der Waals surface area contributed by atoms with Crippen LogP contribution in [0.2, 0.25) is 0 Å². The second-order valence-corrected chi connectivity index (χ2v) is 6.29. The molecule has 0 saturated heterocycles. The van der Waals surface area contributed by atoms with Crippen molar-refractivity contribution in [1.82, 2.24) is 9.97 Å². The number of aromatic nitrogens is 2. The minimum Gasteiger partial charge on any atom is -0.493 e. The molecule has 1 heterocycles. The third-order valence-corrected chi connectivity index (χ3v) is 4.58. The Labute approximate surface area is 148 Å². The lowest BCUT2D eigenvalue weighted by atomic mass is 9.87. The van der Waals surface area contributed by atoms with E-state index in [1.54, 1.807) is 0 Å². The maximum Gasteiger partial charge on any atom is 0.283 e. The summed E-state index contributed by atoms with van der Waals surface area (Å²) >= 11 is 4.75. The van der Waals surface area contributed by atoms with Crippen LogP contribution in [0.15, 0.2) is 56.6 Å². The molecular weight excluding hydrogens is 340 g/mol. The van der Waals surface area contributed by atoms with Crippen molar-refractivity contribution in [1.29, 1.82) is 0 Å². The van der Waals surface area contributed by atoms with E-state index in [9.17, 15) is 14.7 Å². The Balaban J connectivity index is 1.97. The van der Waals surface area contributed by atoms with E-state index in [0.717, 1.165) is 11.1 Å². The summed E-state index contributed by atoms with van der Waals surface area (Å²) in [7, 11) is 0. The molecule has 8 heteroatoms. The molecular formula is C17H16N4O3S. The smallest absolute Gasteiger partial charge is 0.283 e. The van der Waals surface area contributed by atoms with Gasteiger partial charge in [-0.1, -0.05) is 37.3 Å². The highest BCUT2D eigenvalue weighted by Crippen LogP contribution is 2.41. The van der Waals surface area contributed by atoms with Crippen LogP contribution in [0.5, 0.6) is 5.88 Å². The summed E-state index contributed by atoms with van der Waals surface area (Å²) in [5.74, 6) is -1.01. The minimum atomic E-state index is -0.679. The van der Waals surface area contributed by atoms with E-state index < -0.39 is 11.4 Å². The van der Waals surface area contributed by atoms with Crippen LogP contribution in [-0.4, -0.2) is 20.9 Å². The molecule has 25 heavy (non-hydrogen) atoms. The Morgan fingerprint density at radius 3 is 2.44 bits per heavy atom. The molecule has 3 N–H and O–H groups in total. The van der Waals surface area contributed by atoms with Gasteiger partial charge in [-0.2, -0.15) is 0 Å². The van der Waals surface area contributed by atoms with E-state index in [-0.39, 0.29) is 33.8 Å². The molecule has 2 atom stereocenters. The second kappa shape index (κ2) is 6.56. The molecule has 3 rings (SSSR count). The van der Waals surface area contributed by atoms with Crippen LogP contribution in [0, 0.1) is 10.7 Å². The third-order valence-electron chi connectivity index (χ3n) is 4.38. The lowest BCUT2D eigenvalue weighted by molar-refractivity contribution is -0.116. The van der Waals surface area contributed by atoms with Crippen molar-refractivity contribution in [2.45, 2.75) is 19.8 Å². The van der Waals surface area contributed by atoms with Crippen molar-refractivity contribution < 1.29 is 9.90 Å². The maximum absolute atomic E-state index is 12.8. The number of nitrogens with one attached hydrogen (secondary N) is 2. The van der Waals surface area contributed by atoms with Crippen LogP contribution in [0.25, 0.3) is 0 Å². The van der Waals surface area contributed by atoms with Crippen molar-refractivity contribution >= 4 is 23.7 Å². The highest BCUT2D eigenvalue weighted by Gasteiger charge is 2.38. The predicted molar refractivity (Wildman–Crippen MR) is 94.5 cm³/mol. The molecule has 7 nitrogen and oxygen atoms in total. The number of carbonyl (C=O) groups excluding carboxylic acids is 1. The van der Waals surface area contributed by atoms with Gasteiger partial charge in [0.1, 0.15) is 5.70 Å². The third kappa shape index (κ3) is 3.08. The quantitative estimate of drug-likeness (QED) is 0.577. The Bertz CT molecular complexity index is 1000. The Morgan fingerprint density at radius 1 is 1.12 bits per heavy atom. The Morgan fingerprint density at radius 2 is 1.80 bits per heavy atom. The van der Waals surface area contributed by atoms with Gasteiger partial charge in [-0.15, -0.1) is 10.2 Å². The Hall–Kier alpha value is -2.87. The number of aromatic amines is 2.